The van der Waals surface area contributed by atoms with Crippen LogP contribution in [0.4, 0.5) is 5.69 Å². The molecule has 3 rings (SSSR count). The minimum absolute atomic E-state index is 0.132. The summed E-state index contributed by atoms with van der Waals surface area (Å²) in [5, 5.41) is 2.89. The third kappa shape index (κ3) is 4.52. The summed E-state index contributed by atoms with van der Waals surface area (Å²) in [6.07, 6.45) is 0. The van der Waals surface area contributed by atoms with Crippen molar-refractivity contribution >= 4 is 21.6 Å². The van der Waals surface area contributed by atoms with Crippen LogP contribution in [-0.4, -0.2) is 62.9 Å². The number of carbonyl (C=O) groups is 1. The monoisotopic (exact) mass is 403 g/mol. The highest BCUT2D eigenvalue weighted by atomic mass is 32.2. The summed E-state index contributed by atoms with van der Waals surface area (Å²) in [5.74, 6) is 0.540. The van der Waals surface area contributed by atoms with E-state index >= 15 is 0 Å². The maximum absolute atomic E-state index is 12.7. The zero-order valence-electron chi connectivity index (χ0n) is 16.0. The van der Waals surface area contributed by atoms with Crippen LogP contribution in [0, 0.1) is 0 Å². The van der Waals surface area contributed by atoms with Crippen molar-refractivity contribution in [2.75, 3.05) is 38.6 Å². The fourth-order valence-corrected chi connectivity index (χ4v) is 4.63. The summed E-state index contributed by atoms with van der Waals surface area (Å²) in [6, 6.07) is 15.2. The highest BCUT2D eigenvalue weighted by Gasteiger charge is 2.31. The van der Waals surface area contributed by atoms with E-state index in [1.807, 2.05) is 24.0 Å². The predicted octanol–water partition coefficient (Wildman–Crippen LogP) is 2.03. The van der Waals surface area contributed by atoms with Crippen LogP contribution in [0.25, 0.3) is 0 Å². The van der Waals surface area contributed by atoms with E-state index in [2.05, 4.69) is 5.32 Å². The molecule has 28 heavy (non-hydrogen) atoms. The van der Waals surface area contributed by atoms with Crippen molar-refractivity contribution in [1.82, 2.24) is 9.21 Å². The number of amides is 1. The third-order valence-electron chi connectivity index (χ3n) is 4.92. The number of nitrogens with one attached hydrogen (secondary N) is 1. The van der Waals surface area contributed by atoms with E-state index in [1.165, 1.54) is 4.31 Å². The lowest BCUT2D eigenvalue weighted by Crippen LogP contribution is -2.53. The van der Waals surface area contributed by atoms with Gasteiger partial charge in [0.2, 0.25) is 15.9 Å². The minimum atomic E-state index is -3.50. The van der Waals surface area contributed by atoms with Gasteiger partial charge in [0.1, 0.15) is 5.75 Å². The molecule has 1 N–H and O–H groups in total. The summed E-state index contributed by atoms with van der Waals surface area (Å²) in [6.45, 7) is 3.54. The Bertz CT molecular complexity index is 910. The Hall–Kier alpha value is -2.42. The SMILES string of the molecule is COc1cccc(NC(=O)[C@@H](C)N2CCN(S(=O)(=O)c3ccccc3)CC2)c1. The molecule has 0 aliphatic carbocycles. The van der Waals surface area contributed by atoms with Gasteiger partial charge < -0.3 is 10.1 Å². The smallest absolute Gasteiger partial charge is 0.243 e. The molecule has 8 heteroatoms. The molecule has 2 aromatic rings. The van der Waals surface area contributed by atoms with Crippen LogP contribution in [0.5, 0.6) is 5.75 Å². The molecule has 1 fully saturated rings. The second kappa shape index (κ2) is 8.72. The molecule has 0 saturated carbocycles. The summed E-state index contributed by atoms with van der Waals surface area (Å²) >= 11 is 0. The summed E-state index contributed by atoms with van der Waals surface area (Å²) < 4.78 is 32.1. The molecule has 1 amide bonds. The van der Waals surface area contributed by atoms with Gasteiger partial charge in [-0.25, -0.2) is 8.42 Å². The van der Waals surface area contributed by atoms with Crippen LogP contribution in [0.2, 0.25) is 0 Å². The van der Waals surface area contributed by atoms with Crippen molar-refractivity contribution in [2.45, 2.75) is 17.9 Å². The van der Waals surface area contributed by atoms with Crippen molar-refractivity contribution in [3.05, 3.63) is 54.6 Å². The molecule has 0 unspecified atom stereocenters. The molecule has 0 aromatic heterocycles. The van der Waals surface area contributed by atoms with E-state index in [1.54, 1.807) is 49.6 Å². The van der Waals surface area contributed by atoms with Crippen LogP contribution in [0.1, 0.15) is 6.92 Å². The average Bonchev–Trinajstić information content (AvgIpc) is 2.74. The van der Waals surface area contributed by atoms with Crippen LogP contribution < -0.4 is 10.1 Å². The standard InChI is InChI=1S/C20H25N3O4S/c1-16(20(24)21-17-7-6-8-18(15-17)27-2)22-11-13-23(14-12-22)28(25,26)19-9-4-3-5-10-19/h3-10,15-16H,11-14H2,1-2H3,(H,21,24)/t16-/m1/s1. The number of hydrogen-bond acceptors (Lipinski definition) is 5. The van der Waals surface area contributed by atoms with Gasteiger partial charge in [-0.1, -0.05) is 24.3 Å². The minimum Gasteiger partial charge on any atom is -0.497 e. The zero-order valence-corrected chi connectivity index (χ0v) is 16.9. The number of rotatable bonds is 6. The van der Waals surface area contributed by atoms with Gasteiger partial charge >= 0.3 is 0 Å². The van der Waals surface area contributed by atoms with E-state index in [-0.39, 0.29) is 11.9 Å². The molecule has 1 aliphatic rings. The zero-order chi connectivity index (χ0) is 20.1. The Morgan fingerprint density at radius 3 is 2.36 bits per heavy atom. The van der Waals surface area contributed by atoms with Crippen molar-refractivity contribution < 1.29 is 17.9 Å². The number of piperazine rings is 1. The second-order valence-corrected chi connectivity index (χ2v) is 8.59. The molecule has 1 saturated heterocycles. The molecule has 1 atom stereocenters. The van der Waals surface area contributed by atoms with Crippen LogP contribution in [-0.2, 0) is 14.8 Å². The molecule has 0 bridgehead atoms. The van der Waals surface area contributed by atoms with E-state index in [9.17, 15) is 13.2 Å². The Labute approximate surface area is 166 Å². The first-order chi connectivity index (χ1) is 13.4. The molecular weight excluding hydrogens is 378 g/mol. The highest BCUT2D eigenvalue weighted by molar-refractivity contribution is 7.89. The number of methoxy groups -OCH3 is 1. The van der Waals surface area contributed by atoms with E-state index in [4.69, 9.17) is 4.74 Å². The van der Waals surface area contributed by atoms with Gasteiger partial charge in [-0.2, -0.15) is 4.31 Å². The van der Waals surface area contributed by atoms with E-state index in [0.717, 1.165) is 0 Å². The maximum atomic E-state index is 12.7. The van der Waals surface area contributed by atoms with E-state index < -0.39 is 10.0 Å². The Morgan fingerprint density at radius 2 is 1.71 bits per heavy atom. The second-order valence-electron chi connectivity index (χ2n) is 6.65. The topological polar surface area (TPSA) is 79.0 Å². The van der Waals surface area contributed by atoms with Crippen LogP contribution >= 0.6 is 0 Å². The van der Waals surface area contributed by atoms with Crippen molar-refractivity contribution in [3.63, 3.8) is 0 Å². The number of hydrogen-bond donors (Lipinski definition) is 1. The molecule has 0 radical (unpaired) electrons. The lowest BCUT2D eigenvalue weighted by Gasteiger charge is -2.36. The van der Waals surface area contributed by atoms with Gasteiger partial charge in [0, 0.05) is 37.9 Å². The van der Waals surface area contributed by atoms with Crippen LogP contribution in [0.15, 0.2) is 59.5 Å². The fraction of sp³-hybridized carbons (Fsp3) is 0.350. The molecule has 150 valence electrons. The van der Waals surface area contributed by atoms with Gasteiger partial charge in [0.25, 0.3) is 0 Å². The first kappa shape index (κ1) is 20.3. The fourth-order valence-electron chi connectivity index (χ4n) is 3.19. The largest absolute Gasteiger partial charge is 0.497 e. The lowest BCUT2D eigenvalue weighted by atomic mass is 10.2. The van der Waals surface area contributed by atoms with E-state index in [0.29, 0.717) is 42.5 Å². The number of sulfonamides is 1. The van der Waals surface area contributed by atoms with Gasteiger partial charge in [-0.15, -0.1) is 0 Å². The summed E-state index contributed by atoms with van der Waals surface area (Å²) in [5.41, 5.74) is 0.668. The van der Waals surface area contributed by atoms with Crippen LogP contribution in [0.3, 0.4) is 0 Å². The van der Waals surface area contributed by atoms with Gasteiger partial charge in [0.15, 0.2) is 0 Å². The number of anilines is 1. The van der Waals surface area contributed by atoms with Crippen molar-refractivity contribution in [1.29, 1.82) is 0 Å². The maximum Gasteiger partial charge on any atom is 0.243 e. The molecule has 7 nitrogen and oxygen atoms in total. The number of nitrogens with zero attached hydrogens (tertiary/aromatic N) is 2. The lowest BCUT2D eigenvalue weighted by molar-refractivity contribution is -0.121. The van der Waals surface area contributed by atoms with Gasteiger partial charge in [0.05, 0.1) is 18.0 Å². The number of carbonyl (C=O) groups excluding carboxylic acids is 1. The molecule has 1 heterocycles. The summed E-state index contributed by atoms with van der Waals surface area (Å²) in [4.78, 5) is 14.9. The normalized spacial score (nSPS) is 17.1. The molecule has 0 spiro atoms. The average molecular weight is 404 g/mol. The number of benzene rings is 2. The third-order valence-corrected chi connectivity index (χ3v) is 6.83. The molecule has 2 aromatic carbocycles. The first-order valence-corrected chi connectivity index (χ1v) is 10.6. The number of ether oxygens (including phenoxy) is 1. The molecular formula is C20H25N3O4S. The highest BCUT2D eigenvalue weighted by Crippen LogP contribution is 2.20. The Morgan fingerprint density at radius 1 is 1.04 bits per heavy atom. The van der Waals surface area contributed by atoms with Gasteiger partial charge in [-0.05, 0) is 31.2 Å². The quantitative estimate of drug-likeness (QED) is 0.798. The Kier molecular flexibility index (Phi) is 6.33. The summed E-state index contributed by atoms with van der Waals surface area (Å²) in [7, 11) is -1.92. The predicted molar refractivity (Wildman–Crippen MR) is 108 cm³/mol. The van der Waals surface area contributed by atoms with Gasteiger partial charge in [-0.3, -0.25) is 9.69 Å². The van der Waals surface area contributed by atoms with Crippen molar-refractivity contribution in [2.24, 2.45) is 0 Å². The molecule has 1 aliphatic heterocycles. The Balaban J connectivity index is 1.58. The van der Waals surface area contributed by atoms with Crippen molar-refractivity contribution in [3.8, 4) is 5.75 Å². The first-order valence-electron chi connectivity index (χ1n) is 9.16.